The molecule has 0 saturated heterocycles. The van der Waals surface area contributed by atoms with Crippen molar-refractivity contribution in [1.82, 2.24) is 0 Å². The Kier molecular flexibility index (Phi) is 4.17. The van der Waals surface area contributed by atoms with Crippen LogP contribution in [0.2, 0.25) is 0 Å². The zero-order valence-electron chi connectivity index (χ0n) is 13.6. The van der Waals surface area contributed by atoms with Gasteiger partial charge in [-0.2, -0.15) is 4.57 Å². The van der Waals surface area contributed by atoms with Gasteiger partial charge in [-0.15, -0.1) is 0 Å². The van der Waals surface area contributed by atoms with Gasteiger partial charge < -0.3 is 0 Å². The number of aryl methyl sites for hydroxylation is 1. The average Bonchev–Trinajstić information content (AvgIpc) is 2.90. The van der Waals surface area contributed by atoms with E-state index in [1.54, 1.807) is 10.6 Å². The SMILES string of the molecule is CC(C)c1cccc(C(C)C)c1-[n+]1csc2c1CCCC2. The summed E-state index contributed by atoms with van der Waals surface area (Å²) < 4.78 is 2.52. The summed E-state index contributed by atoms with van der Waals surface area (Å²) in [6.45, 7) is 9.23. The second-order valence-electron chi connectivity index (χ2n) is 6.76. The average molecular weight is 300 g/mol. The van der Waals surface area contributed by atoms with Crippen molar-refractivity contribution in [2.24, 2.45) is 0 Å². The van der Waals surface area contributed by atoms with Gasteiger partial charge in [0.2, 0.25) is 16.9 Å². The van der Waals surface area contributed by atoms with Crippen LogP contribution in [-0.4, -0.2) is 0 Å². The van der Waals surface area contributed by atoms with Gasteiger partial charge in [0.25, 0.3) is 0 Å². The Morgan fingerprint density at radius 2 is 1.57 bits per heavy atom. The largest absolute Gasteiger partial charge is 0.231 e. The Morgan fingerprint density at radius 3 is 2.19 bits per heavy atom. The molecule has 1 aliphatic carbocycles. The van der Waals surface area contributed by atoms with Crippen LogP contribution in [0.15, 0.2) is 23.7 Å². The normalized spacial score (nSPS) is 14.8. The van der Waals surface area contributed by atoms with Crippen LogP contribution in [0.25, 0.3) is 5.69 Å². The molecule has 0 radical (unpaired) electrons. The lowest BCUT2D eigenvalue weighted by Gasteiger charge is -2.16. The molecule has 0 spiro atoms. The molecule has 0 unspecified atom stereocenters. The van der Waals surface area contributed by atoms with E-state index in [1.165, 1.54) is 42.5 Å². The van der Waals surface area contributed by atoms with Gasteiger partial charge in [-0.1, -0.05) is 57.2 Å². The number of benzene rings is 1. The summed E-state index contributed by atoms with van der Waals surface area (Å²) in [5, 5.41) is 0. The number of fused-ring (bicyclic) bond motifs is 1. The summed E-state index contributed by atoms with van der Waals surface area (Å²) in [5.74, 6) is 1.12. The molecule has 1 aromatic carbocycles. The minimum absolute atomic E-state index is 0.561. The van der Waals surface area contributed by atoms with E-state index < -0.39 is 0 Å². The summed E-state index contributed by atoms with van der Waals surface area (Å²) in [7, 11) is 0. The standard InChI is InChI=1S/C19H26NS/c1-13(2)15-8-7-9-16(14(3)4)19(15)20-12-21-18-11-6-5-10-17(18)20/h7-9,12-14H,5-6,10-11H2,1-4H3/q+1. The van der Waals surface area contributed by atoms with Gasteiger partial charge in [-0.05, 0) is 31.1 Å². The molecule has 21 heavy (non-hydrogen) atoms. The van der Waals surface area contributed by atoms with Crippen LogP contribution < -0.4 is 4.57 Å². The number of rotatable bonds is 3. The highest BCUT2D eigenvalue weighted by Crippen LogP contribution is 2.31. The predicted molar refractivity (Wildman–Crippen MR) is 90.7 cm³/mol. The lowest BCUT2D eigenvalue weighted by Crippen LogP contribution is -2.37. The van der Waals surface area contributed by atoms with Crippen molar-refractivity contribution in [3.63, 3.8) is 0 Å². The summed E-state index contributed by atoms with van der Waals surface area (Å²) in [6, 6.07) is 6.85. The van der Waals surface area contributed by atoms with Gasteiger partial charge in [-0.25, -0.2) is 0 Å². The summed E-state index contributed by atoms with van der Waals surface area (Å²) in [5.41, 5.74) is 8.35. The van der Waals surface area contributed by atoms with Crippen LogP contribution in [0.3, 0.4) is 0 Å². The van der Waals surface area contributed by atoms with E-state index in [-0.39, 0.29) is 0 Å². The van der Waals surface area contributed by atoms with E-state index in [2.05, 4.69) is 56.0 Å². The fourth-order valence-corrected chi connectivity index (χ4v) is 4.46. The smallest absolute Gasteiger partial charge is 0.153 e. The fourth-order valence-electron chi connectivity index (χ4n) is 3.40. The summed E-state index contributed by atoms with van der Waals surface area (Å²) in [6.07, 6.45) is 5.21. The number of nitrogens with zero attached hydrogens (tertiary/aromatic N) is 1. The van der Waals surface area contributed by atoms with Gasteiger partial charge in [0.1, 0.15) is 0 Å². The van der Waals surface area contributed by atoms with Crippen LogP contribution in [0.1, 0.15) is 74.1 Å². The van der Waals surface area contributed by atoms with Crippen LogP contribution in [0.4, 0.5) is 0 Å². The third-order valence-electron chi connectivity index (χ3n) is 4.56. The topological polar surface area (TPSA) is 3.88 Å². The minimum Gasteiger partial charge on any atom is -0.153 e. The highest BCUT2D eigenvalue weighted by atomic mass is 32.1. The maximum absolute atomic E-state index is 2.52. The lowest BCUT2D eigenvalue weighted by molar-refractivity contribution is -0.600. The van der Waals surface area contributed by atoms with Crippen LogP contribution in [0, 0.1) is 0 Å². The highest BCUT2D eigenvalue weighted by molar-refractivity contribution is 7.09. The molecule has 1 nitrogen and oxygen atoms in total. The van der Waals surface area contributed by atoms with Crippen molar-refractivity contribution in [1.29, 1.82) is 0 Å². The van der Waals surface area contributed by atoms with Crippen molar-refractivity contribution in [2.45, 2.75) is 65.2 Å². The summed E-state index contributed by atoms with van der Waals surface area (Å²) >= 11 is 1.95. The van der Waals surface area contributed by atoms with Crippen molar-refractivity contribution in [3.8, 4) is 5.69 Å². The lowest BCUT2D eigenvalue weighted by atomic mass is 9.92. The Bertz CT molecular complexity index is 611. The molecule has 3 rings (SSSR count). The zero-order chi connectivity index (χ0) is 15.0. The van der Waals surface area contributed by atoms with Crippen molar-refractivity contribution >= 4 is 11.3 Å². The molecule has 2 aromatic rings. The highest BCUT2D eigenvalue weighted by Gasteiger charge is 2.29. The van der Waals surface area contributed by atoms with Crippen LogP contribution in [0.5, 0.6) is 0 Å². The second-order valence-corrected chi connectivity index (χ2v) is 7.70. The van der Waals surface area contributed by atoms with Crippen LogP contribution >= 0.6 is 11.3 Å². The van der Waals surface area contributed by atoms with Crippen molar-refractivity contribution < 1.29 is 4.57 Å². The molecule has 0 N–H and O–H groups in total. The Balaban J connectivity index is 2.23. The number of hydrogen-bond donors (Lipinski definition) is 0. The molecule has 0 atom stereocenters. The first kappa shape index (κ1) is 14.8. The molecule has 0 aliphatic heterocycles. The first-order chi connectivity index (χ1) is 10.1. The third kappa shape index (κ3) is 2.66. The maximum Gasteiger partial charge on any atom is 0.231 e. The van der Waals surface area contributed by atoms with E-state index in [4.69, 9.17) is 0 Å². The van der Waals surface area contributed by atoms with Crippen molar-refractivity contribution in [3.05, 3.63) is 45.4 Å². The van der Waals surface area contributed by atoms with Gasteiger partial charge in [0, 0.05) is 17.5 Å². The molecule has 1 aliphatic rings. The number of para-hydroxylation sites is 1. The van der Waals surface area contributed by atoms with E-state index in [9.17, 15) is 0 Å². The zero-order valence-corrected chi connectivity index (χ0v) is 14.5. The molecule has 0 bridgehead atoms. The van der Waals surface area contributed by atoms with Gasteiger partial charge in [0.15, 0.2) is 0 Å². The molecule has 0 amide bonds. The minimum atomic E-state index is 0.561. The van der Waals surface area contributed by atoms with Crippen molar-refractivity contribution in [2.75, 3.05) is 0 Å². The Hall–Kier alpha value is -1.15. The third-order valence-corrected chi connectivity index (χ3v) is 5.60. The second kappa shape index (κ2) is 5.92. The number of hydrogen-bond acceptors (Lipinski definition) is 1. The Morgan fingerprint density at radius 1 is 0.952 bits per heavy atom. The van der Waals surface area contributed by atoms with Gasteiger partial charge >= 0.3 is 0 Å². The number of aromatic nitrogens is 1. The van der Waals surface area contributed by atoms with Crippen LogP contribution in [-0.2, 0) is 12.8 Å². The molecular formula is C19H26NS+. The maximum atomic E-state index is 2.52. The molecule has 1 heterocycles. The summed E-state index contributed by atoms with van der Waals surface area (Å²) in [4.78, 5) is 1.61. The monoisotopic (exact) mass is 300 g/mol. The molecule has 1 aromatic heterocycles. The van der Waals surface area contributed by atoms with E-state index in [0.717, 1.165) is 0 Å². The predicted octanol–water partition coefficient (Wildman–Crippen LogP) is 5.15. The van der Waals surface area contributed by atoms with E-state index in [0.29, 0.717) is 11.8 Å². The molecule has 0 saturated carbocycles. The molecule has 112 valence electrons. The fraction of sp³-hybridized carbons (Fsp3) is 0.526. The molecule has 0 fully saturated rings. The quantitative estimate of drug-likeness (QED) is 0.690. The first-order valence-corrected chi connectivity index (χ1v) is 9.11. The van der Waals surface area contributed by atoms with Gasteiger partial charge in [-0.3, -0.25) is 0 Å². The van der Waals surface area contributed by atoms with E-state index >= 15 is 0 Å². The number of thiazole rings is 1. The molecule has 2 heteroatoms. The Labute approximate surface area is 132 Å². The van der Waals surface area contributed by atoms with E-state index in [1.807, 2.05) is 11.3 Å². The van der Waals surface area contributed by atoms with Gasteiger partial charge in [0.05, 0.1) is 4.88 Å². The first-order valence-electron chi connectivity index (χ1n) is 8.23. The molecular weight excluding hydrogens is 274 g/mol.